The fraction of sp³-hybridized carbons (Fsp3) is 0.500. The topological polar surface area (TPSA) is 60.7 Å². The van der Waals surface area contributed by atoms with Crippen LogP contribution in [0.3, 0.4) is 0 Å². The molecular formula is C12H17ClN4. The predicted molar refractivity (Wildman–Crippen MR) is 70.3 cm³/mol. The Labute approximate surface area is 108 Å². The molecule has 0 spiro atoms. The predicted octanol–water partition coefficient (Wildman–Crippen LogP) is 1.79. The molecule has 0 saturated carbocycles. The number of anilines is 1. The van der Waals surface area contributed by atoms with Gasteiger partial charge in [-0.2, -0.15) is 5.26 Å². The van der Waals surface area contributed by atoms with Crippen molar-refractivity contribution in [2.24, 2.45) is 5.92 Å². The van der Waals surface area contributed by atoms with Crippen LogP contribution in [-0.2, 0) is 0 Å². The molecule has 1 aliphatic heterocycles. The highest BCUT2D eigenvalue weighted by Crippen LogP contribution is 2.13. The maximum absolute atomic E-state index is 8.91. The molecule has 0 radical (unpaired) electrons. The zero-order chi connectivity index (χ0) is 11.2. The van der Waals surface area contributed by atoms with Crippen LogP contribution >= 0.6 is 12.4 Å². The molecule has 1 aromatic rings. The Kier molecular flexibility index (Phi) is 5.75. The molecule has 0 aromatic carbocycles. The van der Waals surface area contributed by atoms with Gasteiger partial charge in [0.15, 0.2) is 0 Å². The van der Waals surface area contributed by atoms with E-state index in [0.29, 0.717) is 17.3 Å². The van der Waals surface area contributed by atoms with Crippen LogP contribution in [0.25, 0.3) is 0 Å². The van der Waals surface area contributed by atoms with Crippen molar-refractivity contribution in [3.8, 4) is 6.07 Å². The van der Waals surface area contributed by atoms with Crippen LogP contribution in [-0.4, -0.2) is 24.6 Å². The maximum atomic E-state index is 8.91. The number of halogens is 1. The number of hydrogen-bond donors (Lipinski definition) is 2. The van der Waals surface area contributed by atoms with E-state index in [2.05, 4.69) is 21.7 Å². The summed E-state index contributed by atoms with van der Waals surface area (Å²) in [6.07, 6.45) is 4.19. The van der Waals surface area contributed by atoms with Gasteiger partial charge >= 0.3 is 0 Å². The number of aromatic nitrogens is 1. The quantitative estimate of drug-likeness (QED) is 0.861. The third kappa shape index (κ3) is 3.88. The van der Waals surface area contributed by atoms with Gasteiger partial charge in [-0.1, -0.05) is 0 Å². The van der Waals surface area contributed by atoms with E-state index < -0.39 is 0 Å². The number of rotatable bonds is 3. The van der Waals surface area contributed by atoms with Gasteiger partial charge in [0.1, 0.15) is 11.9 Å². The number of nitrogens with one attached hydrogen (secondary N) is 2. The van der Waals surface area contributed by atoms with Gasteiger partial charge in [0.05, 0.1) is 5.56 Å². The minimum Gasteiger partial charge on any atom is -0.369 e. The summed E-state index contributed by atoms with van der Waals surface area (Å²) in [6.45, 7) is 3.07. The zero-order valence-electron chi connectivity index (χ0n) is 9.65. The van der Waals surface area contributed by atoms with E-state index in [1.807, 2.05) is 0 Å². The standard InChI is InChI=1S/C12H16N4.ClH/c13-7-11-4-2-6-15-12(11)16-9-10-3-1-5-14-8-10;/h2,4,6,10,14H,1,3,5,8-9H2,(H,15,16);1H. The fourth-order valence-electron chi connectivity index (χ4n) is 1.98. The molecule has 0 bridgehead atoms. The number of pyridine rings is 1. The highest BCUT2D eigenvalue weighted by molar-refractivity contribution is 5.85. The van der Waals surface area contributed by atoms with Crippen LogP contribution in [0.1, 0.15) is 18.4 Å². The van der Waals surface area contributed by atoms with Gasteiger partial charge in [0.2, 0.25) is 0 Å². The third-order valence-electron chi connectivity index (χ3n) is 2.89. The second-order valence-corrected chi connectivity index (χ2v) is 4.10. The molecule has 2 heterocycles. The van der Waals surface area contributed by atoms with Crippen LogP contribution in [0.4, 0.5) is 5.82 Å². The molecule has 0 aliphatic carbocycles. The number of nitrogens with zero attached hydrogens (tertiary/aromatic N) is 2. The van der Waals surface area contributed by atoms with Gasteiger partial charge in [-0.05, 0) is 44.0 Å². The lowest BCUT2D eigenvalue weighted by Gasteiger charge is -2.23. The number of nitriles is 1. The first-order valence-electron chi connectivity index (χ1n) is 5.70. The molecule has 0 amide bonds. The molecule has 1 unspecified atom stereocenters. The lowest BCUT2D eigenvalue weighted by molar-refractivity contribution is 0.392. The maximum Gasteiger partial charge on any atom is 0.143 e. The summed E-state index contributed by atoms with van der Waals surface area (Å²) in [5.41, 5.74) is 0.617. The molecule has 2 N–H and O–H groups in total. The normalized spacial score (nSPS) is 18.9. The summed E-state index contributed by atoms with van der Waals surface area (Å²) in [5, 5.41) is 15.5. The molecule has 92 valence electrons. The minimum absolute atomic E-state index is 0. The summed E-state index contributed by atoms with van der Waals surface area (Å²) < 4.78 is 0. The molecule has 17 heavy (non-hydrogen) atoms. The second-order valence-electron chi connectivity index (χ2n) is 4.10. The second kappa shape index (κ2) is 7.10. The summed E-state index contributed by atoms with van der Waals surface area (Å²) in [5.74, 6) is 1.35. The molecule has 1 atom stereocenters. The average molecular weight is 253 g/mol. The molecule has 4 nitrogen and oxygen atoms in total. The molecule has 5 heteroatoms. The van der Waals surface area contributed by atoms with E-state index in [9.17, 15) is 0 Å². The van der Waals surface area contributed by atoms with Crippen molar-refractivity contribution in [1.29, 1.82) is 5.26 Å². The van der Waals surface area contributed by atoms with Gasteiger partial charge in [0.25, 0.3) is 0 Å². The van der Waals surface area contributed by atoms with Gasteiger partial charge in [0, 0.05) is 12.7 Å². The van der Waals surface area contributed by atoms with E-state index in [-0.39, 0.29) is 12.4 Å². The molecule has 1 aromatic heterocycles. The molecular weight excluding hydrogens is 236 g/mol. The van der Waals surface area contributed by atoms with E-state index in [4.69, 9.17) is 5.26 Å². The highest BCUT2D eigenvalue weighted by atomic mass is 35.5. The fourth-order valence-corrected chi connectivity index (χ4v) is 1.98. The first kappa shape index (κ1) is 13.8. The first-order valence-corrected chi connectivity index (χ1v) is 5.70. The SMILES string of the molecule is Cl.N#Cc1cccnc1NCC1CCCNC1. The first-order chi connectivity index (χ1) is 7.90. The van der Waals surface area contributed by atoms with Crippen molar-refractivity contribution in [3.05, 3.63) is 23.9 Å². The van der Waals surface area contributed by atoms with E-state index in [1.165, 1.54) is 12.8 Å². The minimum atomic E-state index is 0. The Hall–Kier alpha value is -1.31. The van der Waals surface area contributed by atoms with Crippen LogP contribution in [0.15, 0.2) is 18.3 Å². The molecule has 1 aliphatic rings. The largest absolute Gasteiger partial charge is 0.369 e. The highest BCUT2D eigenvalue weighted by Gasteiger charge is 2.13. The smallest absolute Gasteiger partial charge is 0.143 e. The Balaban J connectivity index is 0.00000144. The monoisotopic (exact) mass is 252 g/mol. The zero-order valence-corrected chi connectivity index (χ0v) is 10.5. The third-order valence-corrected chi connectivity index (χ3v) is 2.89. The van der Waals surface area contributed by atoms with Crippen LogP contribution < -0.4 is 10.6 Å². The van der Waals surface area contributed by atoms with E-state index in [0.717, 1.165) is 19.6 Å². The van der Waals surface area contributed by atoms with Gasteiger partial charge in [-0.3, -0.25) is 0 Å². The number of piperidine rings is 1. The van der Waals surface area contributed by atoms with Crippen molar-refractivity contribution in [2.75, 3.05) is 25.0 Å². The average Bonchev–Trinajstić information content (AvgIpc) is 2.38. The summed E-state index contributed by atoms with van der Waals surface area (Å²) in [4.78, 5) is 4.18. The Morgan fingerprint density at radius 2 is 2.47 bits per heavy atom. The van der Waals surface area contributed by atoms with Crippen molar-refractivity contribution in [3.63, 3.8) is 0 Å². The Morgan fingerprint density at radius 1 is 1.59 bits per heavy atom. The van der Waals surface area contributed by atoms with Crippen molar-refractivity contribution in [2.45, 2.75) is 12.8 Å². The Morgan fingerprint density at radius 3 is 3.18 bits per heavy atom. The molecule has 1 fully saturated rings. The van der Waals surface area contributed by atoms with Gasteiger partial charge in [-0.25, -0.2) is 4.98 Å². The van der Waals surface area contributed by atoms with Gasteiger partial charge in [-0.15, -0.1) is 12.4 Å². The lowest BCUT2D eigenvalue weighted by Crippen LogP contribution is -2.33. The van der Waals surface area contributed by atoms with Crippen molar-refractivity contribution < 1.29 is 0 Å². The van der Waals surface area contributed by atoms with Gasteiger partial charge < -0.3 is 10.6 Å². The molecule has 2 rings (SSSR count). The van der Waals surface area contributed by atoms with Crippen LogP contribution in [0, 0.1) is 17.2 Å². The number of hydrogen-bond acceptors (Lipinski definition) is 4. The van der Waals surface area contributed by atoms with Crippen molar-refractivity contribution >= 4 is 18.2 Å². The van der Waals surface area contributed by atoms with E-state index >= 15 is 0 Å². The Bertz CT molecular complexity index is 382. The summed E-state index contributed by atoms with van der Waals surface area (Å²) >= 11 is 0. The van der Waals surface area contributed by atoms with E-state index in [1.54, 1.807) is 18.3 Å². The summed E-state index contributed by atoms with van der Waals surface area (Å²) in [6, 6.07) is 5.71. The molecule has 1 saturated heterocycles. The van der Waals surface area contributed by atoms with Crippen LogP contribution in [0.2, 0.25) is 0 Å². The summed E-state index contributed by atoms with van der Waals surface area (Å²) in [7, 11) is 0. The van der Waals surface area contributed by atoms with Crippen LogP contribution in [0.5, 0.6) is 0 Å². The lowest BCUT2D eigenvalue weighted by atomic mass is 10.00. The van der Waals surface area contributed by atoms with Crippen molar-refractivity contribution in [1.82, 2.24) is 10.3 Å².